The van der Waals surface area contributed by atoms with E-state index >= 15 is 0 Å². The first-order valence-corrected chi connectivity index (χ1v) is 11.2. The molecular weight excluding hydrogens is 445 g/mol. The summed E-state index contributed by atoms with van der Waals surface area (Å²) >= 11 is 1.27. The molecule has 0 saturated carbocycles. The Morgan fingerprint density at radius 2 is 1.79 bits per heavy atom. The van der Waals surface area contributed by atoms with Crippen molar-refractivity contribution in [2.75, 3.05) is 26.1 Å². The SMILES string of the molecule is CCOC(=O)c1sc2nc(-c3cc(OC)cc(OC)c3)c(NCc3ccc(F)cc3)n2c1C. The van der Waals surface area contributed by atoms with Crippen LogP contribution in [0.1, 0.15) is 27.9 Å². The molecule has 4 rings (SSSR count). The molecule has 0 unspecified atom stereocenters. The Bertz CT molecular complexity index is 1280. The summed E-state index contributed by atoms with van der Waals surface area (Å²) in [6.45, 7) is 4.36. The number of carbonyl (C=O) groups is 1. The largest absolute Gasteiger partial charge is 0.497 e. The molecule has 0 aliphatic rings. The van der Waals surface area contributed by atoms with E-state index < -0.39 is 0 Å². The second-order valence-corrected chi connectivity index (χ2v) is 8.22. The number of ether oxygens (including phenoxy) is 3. The van der Waals surface area contributed by atoms with E-state index in [1.807, 2.05) is 23.5 Å². The molecule has 2 aromatic heterocycles. The van der Waals surface area contributed by atoms with Gasteiger partial charge in [-0.3, -0.25) is 4.40 Å². The van der Waals surface area contributed by atoms with Gasteiger partial charge in [0.1, 0.15) is 33.7 Å². The van der Waals surface area contributed by atoms with Crippen LogP contribution < -0.4 is 14.8 Å². The van der Waals surface area contributed by atoms with Gasteiger partial charge in [-0.05, 0) is 43.7 Å². The number of nitrogens with one attached hydrogen (secondary N) is 1. The highest BCUT2D eigenvalue weighted by molar-refractivity contribution is 7.19. The number of hydrogen-bond donors (Lipinski definition) is 1. The standard InChI is InChI=1S/C24H24FN3O4S/c1-5-32-23(29)21-14(2)28-22(26-13-15-6-8-17(25)9-7-15)20(27-24(28)33-21)16-10-18(30-3)12-19(11-16)31-4/h6-12,26H,5,13H2,1-4H3. The summed E-state index contributed by atoms with van der Waals surface area (Å²) in [4.78, 5) is 18.4. The summed E-state index contributed by atoms with van der Waals surface area (Å²) in [5.41, 5.74) is 3.10. The maximum absolute atomic E-state index is 13.3. The third-order valence-corrected chi connectivity index (χ3v) is 6.29. The van der Waals surface area contributed by atoms with Crippen LogP contribution >= 0.6 is 11.3 Å². The Labute approximate surface area is 194 Å². The first kappa shape index (κ1) is 22.6. The van der Waals surface area contributed by atoms with E-state index in [1.54, 1.807) is 39.3 Å². The van der Waals surface area contributed by atoms with Crippen molar-refractivity contribution >= 4 is 28.1 Å². The molecule has 0 saturated heterocycles. The van der Waals surface area contributed by atoms with Gasteiger partial charge < -0.3 is 19.5 Å². The van der Waals surface area contributed by atoms with Crippen LogP contribution in [-0.2, 0) is 11.3 Å². The number of rotatable bonds is 8. The Kier molecular flexibility index (Phi) is 6.50. The van der Waals surface area contributed by atoms with Crippen LogP contribution in [0.4, 0.5) is 10.2 Å². The monoisotopic (exact) mass is 469 g/mol. The van der Waals surface area contributed by atoms with Gasteiger partial charge in [0.25, 0.3) is 0 Å². The van der Waals surface area contributed by atoms with Crippen LogP contribution in [0.5, 0.6) is 11.5 Å². The molecule has 9 heteroatoms. The topological polar surface area (TPSA) is 74.1 Å². The molecule has 0 atom stereocenters. The van der Waals surface area contributed by atoms with Crippen LogP contribution in [-0.4, -0.2) is 36.2 Å². The van der Waals surface area contributed by atoms with Crippen molar-refractivity contribution in [3.63, 3.8) is 0 Å². The molecule has 33 heavy (non-hydrogen) atoms. The van der Waals surface area contributed by atoms with Crippen molar-refractivity contribution in [2.45, 2.75) is 20.4 Å². The van der Waals surface area contributed by atoms with Crippen LogP contribution in [0, 0.1) is 12.7 Å². The van der Waals surface area contributed by atoms with E-state index in [9.17, 15) is 9.18 Å². The van der Waals surface area contributed by atoms with Crippen molar-refractivity contribution in [3.8, 4) is 22.8 Å². The number of hydrogen-bond acceptors (Lipinski definition) is 7. The molecule has 4 aromatic rings. The van der Waals surface area contributed by atoms with Crippen LogP contribution in [0.3, 0.4) is 0 Å². The van der Waals surface area contributed by atoms with Crippen molar-refractivity contribution in [1.82, 2.24) is 9.38 Å². The zero-order valence-corrected chi connectivity index (χ0v) is 19.6. The maximum atomic E-state index is 13.3. The molecule has 1 N–H and O–H groups in total. The van der Waals surface area contributed by atoms with Crippen molar-refractivity contribution < 1.29 is 23.4 Å². The molecule has 172 valence electrons. The minimum absolute atomic E-state index is 0.289. The fourth-order valence-corrected chi connectivity index (χ4v) is 4.55. The summed E-state index contributed by atoms with van der Waals surface area (Å²) in [6, 6.07) is 11.8. The van der Waals surface area contributed by atoms with Crippen LogP contribution in [0.15, 0.2) is 42.5 Å². The second-order valence-electron chi connectivity index (χ2n) is 7.25. The predicted octanol–water partition coefficient (Wildman–Crippen LogP) is 5.32. The minimum Gasteiger partial charge on any atom is -0.497 e. The molecule has 0 spiro atoms. The number of anilines is 1. The van der Waals surface area contributed by atoms with Gasteiger partial charge in [0, 0.05) is 23.9 Å². The second kappa shape index (κ2) is 9.50. The van der Waals surface area contributed by atoms with Gasteiger partial charge in [-0.25, -0.2) is 14.2 Å². The molecule has 2 heterocycles. The Morgan fingerprint density at radius 1 is 1.12 bits per heavy atom. The van der Waals surface area contributed by atoms with E-state index in [-0.39, 0.29) is 11.8 Å². The summed E-state index contributed by atoms with van der Waals surface area (Å²) in [6.07, 6.45) is 0. The number of aryl methyl sites for hydroxylation is 1. The smallest absolute Gasteiger partial charge is 0.350 e. The lowest BCUT2D eigenvalue weighted by Gasteiger charge is -2.12. The highest BCUT2D eigenvalue weighted by Crippen LogP contribution is 2.38. The lowest BCUT2D eigenvalue weighted by atomic mass is 10.1. The minimum atomic E-state index is -0.375. The number of fused-ring (bicyclic) bond motifs is 1. The molecule has 7 nitrogen and oxygen atoms in total. The molecule has 2 aromatic carbocycles. The van der Waals surface area contributed by atoms with Gasteiger partial charge in [-0.1, -0.05) is 23.5 Å². The fourth-order valence-electron chi connectivity index (χ4n) is 3.53. The van der Waals surface area contributed by atoms with Gasteiger partial charge in [0.05, 0.1) is 20.8 Å². The molecule has 0 aliphatic heterocycles. The number of imidazole rings is 1. The highest BCUT2D eigenvalue weighted by Gasteiger charge is 2.24. The number of benzene rings is 2. The fraction of sp³-hybridized carbons (Fsp3) is 0.250. The summed E-state index contributed by atoms with van der Waals surface area (Å²) in [7, 11) is 3.18. The maximum Gasteiger partial charge on any atom is 0.350 e. The lowest BCUT2D eigenvalue weighted by Crippen LogP contribution is -2.07. The lowest BCUT2D eigenvalue weighted by molar-refractivity contribution is 0.0531. The van der Waals surface area contributed by atoms with E-state index in [4.69, 9.17) is 19.2 Å². The average molecular weight is 470 g/mol. The molecule has 0 radical (unpaired) electrons. The number of aromatic nitrogens is 2. The van der Waals surface area contributed by atoms with Crippen molar-refractivity contribution in [2.24, 2.45) is 0 Å². The Morgan fingerprint density at radius 3 is 2.39 bits per heavy atom. The number of thiazole rings is 1. The third-order valence-electron chi connectivity index (χ3n) is 5.16. The molecule has 0 bridgehead atoms. The molecular formula is C24H24FN3O4S. The highest BCUT2D eigenvalue weighted by atomic mass is 32.1. The Balaban J connectivity index is 1.84. The van der Waals surface area contributed by atoms with Crippen LogP contribution in [0.25, 0.3) is 16.2 Å². The van der Waals surface area contributed by atoms with Gasteiger partial charge in [-0.2, -0.15) is 0 Å². The molecule has 0 amide bonds. The number of methoxy groups -OCH3 is 2. The van der Waals surface area contributed by atoms with Gasteiger partial charge in [0.15, 0.2) is 4.96 Å². The van der Waals surface area contributed by atoms with Gasteiger partial charge in [-0.15, -0.1) is 0 Å². The number of nitrogens with zero attached hydrogens (tertiary/aromatic N) is 2. The molecule has 0 aliphatic carbocycles. The van der Waals surface area contributed by atoms with E-state index in [2.05, 4.69) is 5.32 Å². The van der Waals surface area contributed by atoms with Gasteiger partial charge in [0.2, 0.25) is 0 Å². The van der Waals surface area contributed by atoms with Crippen molar-refractivity contribution in [1.29, 1.82) is 0 Å². The number of halogens is 1. The van der Waals surface area contributed by atoms with Crippen molar-refractivity contribution in [3.05, 3.63) is 64.4 Å². The average Bonchev–Trinajstić information content (AvgIpc) is 3.35. The normalized spacial score (nSPS) is 10.9. The zero-order valence-electron chi connectivity index (χ0n) is 18.8. The van der Waals surface area contributed by atoms with Gasteiger partial charge >= 0.3 is 5.97 Å². The third kappa shape index (κ3) is 4.49. The quantitative estimate of drug-likeness (QED) is 0.352. The predicted molar refractivity (Wildman–Crippen MR) is 126 cm³/mol. The summed E-state index contributed by atoms with van der Waals surface area (Å²) < 4.78 is 31.3. The number of carbonyl (C=O) groups excluding carboxylic acids is 1. The Hall–Kier alpha value is -3.59. The summed E-state index contributed by atoms with van der Waals surface area (Å²) in [5, 5.41) is 3.42. The zero-order chi connectivity index (χ0) is 23.5. The summed E-state index contributed by atoms with van der Waals surface area (Å²) in [5.74, 6) is 1.30. The molecule has 0 fully saturated rings. The number of esters is 1. The first-order valence-electron chi connectivity index (χ1n) is 10.4. The van der Waals surface area contributed by atoms with E-state index in [1.165, 1.54) is 23.5 Å². The first-order chi connectivity index (χ1) is 15.9. The van der Waals surface area contributed by atoms with E-state index in [0.29, 0.717) is 46.0 Å². The van der Waals surface area contributed by atoms with E-state index in [0.717, 1.165) is 16.8 Å². The van der Waals surface area contributed by atoms with Crippen LogP contribution in [0.2, 0.25) is 0 Å².